The molecule has 0 aliphatic carbocycles. The van der Waals surface area contributed by atoms with E-state index < -0.39 is 0 Å². The Morgan fingerprint density at radius 2 is 1.78 bits per heavy atom. The number of rotatable bonds is 2. The molecule has 1 aliphatic heterocycles. The predicted octanol–water partition coefficient (Wildman–Crippen LogP) is 5.03. The van der Waals surface area contributed by atoms with E-state index in [1.54, 1.807) is 23.5 Å². The molecular formula is C19H14FNOS. The number of benzene rings is 2. The SMILES string of the molecule is O=C1C[C@@H](c2ccccc2)c2scc(-c3ccc(F)cc3)c2N1. The number of fused-ring (bicyclic) bond motifs is 1. The van der Waals surface area contributed by atoms with Crippen molar-refractivity contribution in [2.24, 2.45) is 0 Å². The minimum absolute atomic E-state index is 0.0214. The van der Waals surface area contributed by atoms with Crippen molar-refractivity contribution >= 4 is 22.9 Å². The Morgan fingerprint density at radius 3 is 2.52 bits per heavy atom. The first-order chi connectivity index (χ1) is 11.2. The molecule has 0 radical (unpaired) electrons. The second-order valence-electron chi connectivity index (χ2n) is 5.61. The van der Waals surface area contributed by atoms with E-state index in [0.29, 0.717) is 6.42 Å². The number of hydrogen-bond acceptors (Lipinski definition) is 2. The molecule has 2 nitrogen and oxygen atoms in total. The third kappa shape index (κ3) is 2.55. The summed E-state index contributed by atoms with van der Waals surface area (Å²) in [5, 5.41) is 5.04. The number of amides is 1. The van der Waals surface area contributed by atoms with Crippen LogP contribution in [-0.4, -0.2) is 5.91 Å². The van der Waals surface area contributed by atoms with Crippen molar-refractivity contribution in [3.05, 3.63) is 76.2 Å². The number of thiophene rings is 1. The molecule has 0 fully saturated rings. The second kappa shape index (κ2) is 5.63. The van der Waals surface area contributed by atoms with Crippen LogP contribution in [0, 0.1) is 5.82 Å². The highest BCUT2D eigenvalue weighted by Crippen LogP contribution is 2.46. The van der Waals surface area contributed by atoms with Crippen molar-refractivity contribution in [1.82, 2.24) is 0 Å². The van der Waals surface area contributed by atoms with E-state index in [2.05, 4.69) is 17.4 Å². The molecule has 1 atom stereocenters. The average molecular weight is 323 g/mol. The van der Waals surface area contributed by atoms with E-state index in [0.717, 1.165) is 27.3 Å². The summed E-state index contributed by atoms with van der Waals surface area (Å²) in [6.07, 6.45) is 0.459. The van der Waals surface area contributed by atoms with Crippen LogP contribution in [-0.2, 0) is 4.79 Å². The number of hydrogen-bond donors (Lipinski definition) is 1. The number of carbonyl (C=O) groups excluding carboxylic acids is 1. The molecular weight excluding hydrogens is 309 g/mol. The van der Waals surface area contributed by atoms with Crippen molar-refractivity contribution in [2.45, 2.75) is 12.3 Å². The van der Waals surface area contributed by atoms with Crippen LogP contribution in [0.15, 0.2) is 60.0 Å². The van der Waals surface area contributed by atoms with Gasteiger partial charge in [0.2, 0.25) is 5.91 Å². The van der Waals surface area contributed by atoms with E-state index in [1.807, 2.05) is 23.6 Å². The van der Waals surface area contributed by atoms with Crippen LogP contribution in [0.1, 0.15) is 22.8 Å². The molecule has 1 N–H and O–H groups in total. The lowest BCUT2D eigenvalue weighted by Gasteiger charge is -2.23. The van der Waals surface area contributed by atoms with Crippen LogP contribution in [0.4, 0.5) is 10.1 Å². The Morgan fingerprint density at radius 1 is 1.04 bits per heavy atom. The number of nitrogens with one attached hydrogen (secondary N) is 1. The van der Waals surface area contributed by atoms with Crippen molar-refractivity contribution in [2.75, 3.05) is 5.32 Å². The molecule has 0 spiro atoms. The molecule has 114 valence electrons. The Hall–Kier alpha value is -2.46. The van der Waals surface area contributed by atoms with Crippen LogP contribution >= 0.6 is 11.3 Å². The molecule has 23 heavy (non-hydrogen) atoms. The van der Waals surface area contributed by atoms with Crippen LogP contribution < -0.4 is 5.32 Å². The first-order valence-electron chi connectivity index (χ1n) is 7.44. The average Bonchev–Trinajstić information content (AvgIpc) is 2.99. The predicted molar refractivity (Wildman–Crippen MR) is 91.2 cm³/mol. The normalized spacial score (nSPS) is 16.7. The third-order valence-electron chi connectivity index (χ3n) is 4.15. The van der Waals surface area contributed by atoms with Gasteiger partial charge >= 0.3 is 0 Å². The topological polar surface area (TPSA) is 29.1 Å². The fraction of sp³-hybridized carbons (Fsp3) is 0.105. The van der Waals surface area contributed by atoms with Gasteiger partial charge in [-0.15, -0.1) is 11.3 Å². The molecule has 0 unspecified atom stereocenters. The molecule has 2 heterocycles. The maximum Gasteiger partial charge on any atom is 0.225 e. The molecule has 0 saturated carbocycles. The van der Waals surface area contributed by atoms with Gasteiger partial charge in [0.25, 0.3) is 0 Å². The lowest BCUT2D eigenvalue weighted by atomic mass is 9.89. The van der Waals surface area contributed by atoms with Crippen LogP contribution in [0.3, 0.4) is 0 Å². The standard InChI is InChI=1S/C19H14FNOS/c20-14-8-6-13(7-9-14)16-11-23-19-15(10-17(22)21-18(16)19)12-4-2-1-3-5-12/h1-9,11,15H,10H2,(H,21,22)/t15-/m0/s1. The van der Waals surface area contributed by atoms with E-state index in [9.17, 15) is 9.18 Å². The van der Waals surface area contributed by atoms with Gasteiger partial charge in [-0.3, -0.25) is 4.79 Å². The first kappa shape index (κ1) is 14.2. The lowest BCUT2D eigenvalue weighted by Crippen LogP contribution is -2.22. The van der Waals surface area contributed by atoms with Gasteiger partial charge in [0.1, 0.15) is 5.82 Å². The molecule has 1 aliphatic rings. The first-order valence-corrected chi connectivity index (χ1v) is 8.32. The van der Waals surface area contributed by atoms with E-state index in [4.69, 9.17) is 0 Å². The summed E-state index contributed by atoms with van der Waals surface area (Å²) < 4.78 is 13.1. The fourth-order valence-corrected chi connectivity index (χ4v) is 4.18. The van der Waals surface area contributed by atoms with Crippen molar-refractivity contribution in [1.29, 1.82) is 0 Å². The van der Waals surface area contributed by atoms with Crippen molar-refractivity contribution < 1.29 is 9.18 Å². The quantitative estimate of drug-likeness (QED) is 0.704. The van der Waals surface area contributed by atoms with E-state index in [-0.39, 0.29) is 17.6 Å². The Bertz CT molecular complexity index is 855. The van der Waals surface area contributed by atoms with Gasteiger partial charge in [-0.25, -0.2) is 4.39 Å². The highest BCUT2D eigenvalue weighted by Gasteiger charge is 2.30. The fourth-order valence-electron chi connectivity index (χ4n) is 3.02. The van der Waals surface area contributed by atoms with Crippen molar-refractivity contribution in [3.8, 4) is 11.1 Å². The van der Waals surface area contributed by atoms with Gasteiger partial charge < -0.3 is 5.32 Å². The Balaban J connectivity index is 1.81. The third-order valence-corrected chi connectivity index (χ3v) is 5.24. The van der Waals surface area contributed by atoms with E-state index in [1.165, 1.54) is 12.1 Å². The summed E-state index contributed by atoms with van der Waals surface area (Å²) in [4.78, 5) is 13.3. The van der Waals surface area contributed by atoms with Crippen molar-refractivity contribution in [3.63, 3.8) is 0 Å². The summed E-state index contributed by atoms with van der Waals surface area (Å²) in [6.45, 7) is 0. The van der Waals surface area contributed by atoms with Gasteiger partial charge in [0.15, 0.2) is 0 Å². The van der Waals surface area contributed by atoms with Crippen LogP contribution in [0.2, 0.25) is 0 Å². The molecule has 1 aromatic heterocycles. The Kier molecular flexibility index (Phi) is 3.46. The molecule has 0 bridgehead atoms. The minimum Gasteiger partial charge on any atom is -0.325 e. The largest absolute Gasteiger partial charge is 0.325 e. The zero-order chi connectivity index (χ0) is 15.8. The molecule has 2 aromatic carbocycles. The zero-order valence-electron chi connectivity index (χ0n) is 12.3. The van der Waals surface area contributed by atoms with Gasteiger partial charge in [-0.2, -0.15) is 0 Å². The van der Waals surface area contributed by atoms with Gasteiger partial charge in [-0.1, -0.05) is 42.5 Å². The summed E-state index contributed by atoms with van der Waals surface area (Å²) in [5.41, 5.74) is 3.89. The second-order valence-corrected chi connectivity index (χ2v) is 6.52. The summed E-state index contributed by atoms with van der Waals surface area (Å²) in [7, 11) is 0. The molecule has 0 saturated heterocycles. The molecule has 1 amide bonds. The van der Waals surface area contributed by atoms with E-state index >= 15 is 0 Å². The summed E-state index contributed by atoms with van der Waals surface area (Å²) in [5.74, 6) is -0.156. The molecule has 4 heteroatoms. The molecule has 4 rings (SSSR count). The van der Waals surface area contributed by atoms with Gasteiger partial charge in [0.05, 0.1) is 5.69 Å². The number of halogens is 1. The van der Waals surface area contributed by atoms with Crippen LogP contribution in [0.25, 0.3) is 11.1 Å². The Labute approximate surface area is 137 Å². The summed E-state index contributed by atoms with van der Waals surface area (Å²) in [6, 6.07) is 16.5. The summed E-state index contributed by atoms with van der Waals surface area (Å²) >= 11 is 1.65. The minimum atomic E-state index is -0.260. The zero-order valence-corrected chi connectivity index (χ0v) is 13.1. The smallest absolute Gasteiger partial charge is 0.225 e. The maximum atomic E-state index is 13.1. The van der Waals surface area contributed by atoms with Crippen LogP contribution in [0.5, 0.6) is 0 Å². The number of carbonyl (C=O) groups is 1. The van der Waals surface area contributed by atoms with Gasteiger partial charge in [-0.05, 0) is 23.3 Å². The highest BCUT2D eigenvalue weighted by atomic mass is 32.1. The van der Waals surface area contributed by atoms with Gasteiger partial charge in [0, 0.05) is 28.2 Å². The highest BCUT2D eigenvalue weighted by molar-refractivity contribution is 7.11. The maximum absolute atomic E-state index is 13.1. The lowest BCUT2D eigenvalue weighted by molar-refractivity contribution is -0.116. The number of anilines is 1. The molecule has 3 aromatic rings. The monoisotopic (exact) mass is 323 g/mol.